The zero-order chi connectivity index (χ0) is 13.0. The van der Waals surface area contributed by atoms with Crippen molar-refractivity contribution in [3.63, 3.8) is 0 Å². The summed E-state index contributed by atoms with van der Waals surface area (Å²) in [5.41, 5.74) is 1.22. The van der Waals surface area contributed by atoms with E-state index in [1.54, 1.807) is 30.1 Å². The average molecular weight is 325 g/mol. The van der Waals surface area contributed by atoms with Crippen LogP contribution in [0.4, 0.5) is 5.69 Å². The minimum atomic E-state index is -0.396. The first kappa shape index (κ1) is 13.0. The van der Waals surface area contributed by atoms with Crippen molar-refractivity contribution in [1.29, 1.82) is 0 Å². The predicted molar refractivity (Wildman–Crippen MR) is 74.6 cm³/mol. The Morgan fingerprint density at radius 2 is 2.00 bits per heavy atom. The Morgan fingerprint density at radius 3 is 2.61 bits per heavy atom. The van der Waals surface area contributed by atoms with Crippen LogP contribution in [0.15, 0.2) is 52.1 Å². The van der Waals surface area contributed by atoms with Gasteiger partial charge in [-0.1, -0.05) is 0 Å². The fourth-order valence-electron chi connectivity index (χ4n) is 1.37. The summed E-state index contributed by atoms with van der Waals surface area (Å²) in [6, 6.07) is 8.55. The summed E-state index contributed by atoms with van der Waals surface area (Å²) in [7, 11) is 0. The number of thioether (sulfide) groups is 1. The molecule has 0 aliphatic carbocycles. The lowest BCUT2D eigenvalue weighted by atomic mass is 10.3. The molecule has 6 heteroatoms. The number of non-ortho nitro benzene ring substituents is 1. The van der Waals surface area contributed by atoms with Gasteiger partial charge in [-0.25, -0.2) is 0 Å². The molecule has 0 atom stereocenters. The Balaban J connectivity index is 2.00. The lowest BCUT2D eigenvalue weighted by Crippen LogP contribution is -1.87. The van der Waals surface area contributed by atoms with Gasteiger partial charge in [0.05, 0.1) is 4.92 Å². The van der Waals surface area contributed by atoms with Crippen LogP contribution in [0.5, 0.6) is 0 Å². The maximum absolute atomic E-state index is 10.5. The fraction of sp³-hybridized carbons (Fsp3) is 0.0833. The second-order valence-electron chi connectivity index (χ2n) is 3.55. The lowest BCUT2D eigenvalue weighted by molar-refractivity contribution is -0.384. The quantitative estimate of drug-likeness (QED) is 0.483. The first-order valence-corrected chi connectivity index (χ1v) is 6.90. The summed E-state index contributed by atoms with van der Waals surface area (Å²) in [5.74, 6) is 0.782. The van der Waals surface area contributed by atoms with E-state index in [1.165, 1.54) is 12.1 Å². The van der Waals surface area contributed by atoms with Crippen molar-refractivity contribution in [3.8, 4) is 0 Å². The van der Waals surface area contributed by atoms with Gasteiger partial charge in [-0.2, -0.15) is 0 Å². The number of benzene rings is 1. The molecule has 1 aromatic carbocycles. The predicted octanol–water partition coefficient (Wildman–Crippen LogP) is 4.04. The minimum Gasteiger partial charge on any atom is -0.263 e. The van der Waals surface area contributed by atoms with Crippen LogP contribution in [0.1, 0.15) is 5.56 Å². The molecular weight excluding hydrogens is 316 g/mol. The number of hydrogen-bond acceptors (Lipinski definition) is 4. The van der Waals surface area contributed by atoms with E-state index in [9.17, 15) is 10.1 Å². The first-order valence-electron chi connectivity index (χ1n) is 5.12. The lowest BCUT2D eigenvalue weighted by Gasteiger charge is -2.02. The van der Waals surface area contributed by atoms with Gasteiger partial charge in [-0.3, -0.25) is 15.1 Å². The largest absolute Gasteiger partial charge is 0.269 e. The van der Waals surface area contributed by atoms with Gasteiger partial charge in [0, 0.05) is 39.6 Å². The van der Waals surface area contributed by atoms with Crippen molar-refractivity contribution < 1.29 is 4.92 Å². The molecule has 0 spiro atoms. The normalized spacial score (nSPS) is 10.3. The molecule has 1 heterocycles. The van der Waals surface area contributed by atoms with Gasteiger partial charge in [-0.15, -0.1) is 11.8 Å². The molecule has 0 aliphatic heterocycles. The molecule has 0 unspecified atom stereocenters. The van der Waals surface area contributed by atoms with Gasteiger partial charge in [-0.05, 0) is 39.7 Å². The van der Waals surface area contributed by atoms with Crippen LogP contribution in [-0.2, 0) is 5.75 Å². The monoisotopic (exact) mass is 324 g/mol. The van der Waals surface area contributed by atoms with E-state index in [0.717, 1.165) is 20.7 Å². The van der Waals surface area contributed by atoms with Crippen molar-refractivity contribution in [2.75, 3.05) is 0 Å². The number of nitrogens with zero attached hydrogens (tertiary/aromatic N) is 2. The van der Waals surface area contributed by atoms with E-state index in [1.807, 2.05) is 12.3 Å². The number of halogens is 1. The number of pyridine rings is 1. The molecule has 0 bridgehead atoms. The third-order valence-corrected chi connectivity index (χ3v) is 3.73. The second-order valence-corrected chi connectivity index (χ2v) is 5.52. The maximum Gasteiger partial charge on any atom is 0.269 e. The highest BCUT2D eigenvalue weighted by Gasteiger charge is 2.04. The van der Waals surface area contributed by atoms with E-state index < -0.39 is 4.92 Å². The Hall–Kier alpha value is -1.40. The van der Waals surface area contributed by atoms with E-state index >= 15 is 0 Å². The highest BCUT2D eigenvalue weighted by atomic mass is 79.9. The van der Waals surface area contributed by atoms with Crippen molar-refractivity contribution in [1.82, 2.24) is 4.98 Å². The number of nitro groups is 1. The highest BCUT2D eigenvalue weighted by molar-refractivity contribution is 9.10. The molecule has 92 valence electrons. The van der Waals surface area contributed by atoms with E-state index in [4.69, 9.17) is 0 Å². The smallest absolute Gasteiger partial charge is 0.263 e. The first-order chi connectivity index (χ1) is 8.65. The number of hydrogen-bond donors (Lipinski definition) is 0. The molecule has 0 radical (unpaired) electrons. The maximum atomic E-state index is 10.5. The summed E-state index contributed by atoms with van der Waals surface area (Å²) in [5, 5.41) is 10.5. The zero-order valence-electron chi connectivity index (χ0n) is 9.25. The van der Waals surface area contributed by atoms with Gasteiger partial charge in [0.1, 0.15) is 0 Å². The van der Waals surface area contributed by atoms with Crippen LogP contribution in [0, 0.1) is 10.1 Å². The van der Waals surface area contributed by atoms with E-state index in [-0.39, 0.29) is 5.69 Å². The Kier molecular flexibility index (Phi) is 4.33. The molecule has 0 saturated heterocycles. The van der Waals surface area contributed by atoms with Crippen molar-refractivity contribution in [2.45, 2.75) is 10.6 Å². The Morgan fingerprint density at radius 1 is 1.28 bits per heavy atom. The molecule has 18 heavy (non-hydrogen) atoms. The van der Waals surface area contributed by atoms with Crippen LogP contribution in [0.25, 0.3) is 0 Å². The van der Waals surface area contributed by atoms with Crippen LogP contribution in [0.2, 0.25) is 0 Å². The molecule has 0 aliphatic rings. The Labute approximate surface area is 117 Å². The van der Waals surface area contributed by atoms with Gasteiger partial charge >= 0.3 is 0 Å². The van der Waals surface area contributed by atoms with Crippen molar-refractivity contribution in [3.05, 3.63) is 62.9 Å². The van der Waals surface area contributed by atoms with Crippen LogP contribution < -0.4 is 0 Å². The highest BCUT2D eigenvalue weighted by Crippen LogP contribution is 2.25. The van der Waals surface area contributed by atoms with Gasteiger partial charge in [0.15, 0.2) is 0 Å². The van der Waals surface area contributed by atoms with Crippen LogP contribution in [-0.4, -0.2) is 9.91 Å². The Bertz CT molecular complexity index is 560. The van der Waals surface area contributed by atoms with Crippen LogP contribution in [0.3, 0.4) is 0 Å². The number of aromatic nitrogens is 1. The summed E-state index contributed by atoms with van der Waals surface area (Å²) < 4.78 is 0.948. The molecule has 2 rings (SSSR count). The standard InChI is InChI=1S/C12H9BrN2O2S/c13-10-5-9(6-14-7-10)8-18-12-3-1-11(2-4-12)15(16)17/h1-7H,8H2. The zero-order valence-corrected chi connectivity index (χ0v) is 11.6. The molecule has 1 aromatic heterocycles. The molecular formula is C12H9BrN2O2S. The van der Waals surface area contributed by atoms with Gasteiger partial charge in [0.2, 0.25) is 0 Å². The van der Waals surface area contributed by atoms with Gasteiger partial charge in [0.25, 0.3) is 5.69 Å². The minimum absolute atomic E-state index is 0.114. The summed E-state index contributed by atoms with van der Waals surface area (Å²) in [6.07, 6.45) is 3.54. The summed E-state index contributed by atoms with van der Waals surface area (Å²) in [4.78, 5) is 15.2. The second kappa shape index (κ2) is 5.97. The van der Waals surface area contributed by atoms with Gasteiger partial charge < -0.3 is 0 Å². The van der Waals surface area contributed by atoms with Crippen molar-refractivity contribution >= 4 is 33.4 Å². The number of rotatable bonds is 4. The van der Waals surface area contributed by atoms with E-state index in [2.05, 4.69) is 20.9 Å². The molecule has 0 N–H and O–H groups in total. The third kappa shape index (κ3) is 3.54. The van der Waals surface area contributed by atoms with Crippen LogP contribution >= 0.6 is 27.7 Å². The molecule has 0 amide bonds. The molecule has 0 saturated carbocycles. The third-order valence-electron chi connectivity index (χ3n) is 2.21. The fourth-order valence-corrected chi connectivity index (χ4v) is 2.60. The average Bonchev–Trinajstić information content (AvgIpc) is 2.37. The number of nitro benzene ring substituents is 1. The SMILES string of the molecule is O=[N+]([O-])c1ccc(SCc2cncc(Br)c2)cc1. The molecule has 0 fully saturated rings. The molecule has 4 nitrogen and oxygen atoms in total. The summed E-state index contributed by atoms with van der Waals surface area (Å²) >= 11 is 4.99. The summed E-state index contributed by atoms with van der Waals surface area (Å²) in [6.45, 7) is 0. The topological polar surface area (TPSA) is 56.0 Å². The van der Waals surface area contributed by atoms with Crippen molar-refractivity contribution in [2.24, 2.45) is 0 Å². The van der Waals surface area contributed by atoms with E-state index in [0.29, 0.717) is 0 Å². The molecule has 2 aromatic rings.